The van der Waals surface area contributed by atoms with Crippen LogP contribution in [0.1, 0.15) is 22.2 Å². The van der Waals surface area contributed by atoms with Gasteiger partial charge in [0.15, 0.2) is 0 Å². The van der Waals surface area contributed by atoms with Gasteiger partial charge in [0.1, 0.15) is 0 Å². The average molecular weight is 287 g/mol. The van der Waals surface area contributed by atoms with E-state index < -0.39 is 0 Å². The minimum absolute atomic E-state index is 0.182. The number of anilines is 1. The molecular formula is C14H13N3O2S. The summed E-state index contributed by atoms with van der Waals surface area (Å²) in [4.78, 5) is 23.8. The number of nitrogens with one attached hydrogen (secondary N) is 2. The molecule has 20 heavy (non-hydrogen) atoms. The first kappa shape index (κ1) is 14.0. The van der Waals surface area contributed by atoms with Crippen LogP contribution in [0.3, 0.4) is 0 Å². The first-order chi connectivity index (χ1) is 9.65. The second-order valence-electron chi connectivity index (χ2n) is 3.98. The summed E-state index contributed by atoms with van der Waals surface area (Å²) in [5, 5.41) is 8.43. The highest BCUT2D eigenvalue weighted by molar-refractivity contribution is 7.11. The van der Waals surface area contributed by atoms with Gasteiger partial charge in [-0.2, -0.15) is 5.10 Å². The largest absolute Gasteiger partial charge is 0.326 e. The highest BCUT2D eigenvalue weighted by atomic mass is 32.1. The zero-order chi connectivity index (χ0) is 14.4. The van der Waals surface area contributed by atoms with E-state index in [-0.39, 0.29) is 11.8 Å². The molecule has 0 bridgehead atoms. The molecule has 0 aliphatic rings. The Hall–Kier alpha value is -2.47. The molecule has 0 aliphatic carbocycles. The molecule has 0 saturated heterocycles. The molecular weight excluding hydrogens is 274 g/mol. The Morgan fingerprint density at radius 3 is 2.80 bits per heavy atom. The lowest BCUT2D eigenvalue weighted by Gasteiger charge is -2.04. The van der Waals surface area contributed by atoms with Crippen molar-refractivity contribution in [2.24, 2.45) is 5.10 Å². The van der Waals surface area contributed by atoms with Crippen LogP contribution in [-0.4, -0.2) is 18.0 Å². The monoisotopic (exact) mass is 287 g/mol. The van der Waals surface area contributed by atoms with Gasteiger partial charge in [0.2, 0.25) is 5.91 Å². The van der Waals surface area contributed by atoms with E-state index in [2.05, 4.69) is 15.8 Å². The summed E-state index contributed by atoms with van der Waals surface area (Å²) in [7, 11) is 0. The number of amides is 2. The van der Waals surface area contributed by atoms with Crippen molar-refractivity contribution in [2.45, 2.75) is 6.92 Å². The highest BCUT2D eigenvalue weighted by Gasteiger charge is 2.05. The maximum atomic E-state index is 11.9. The van der Waals surface area contributed by atoms with Crippen LogP contribution >= 0.6 is 11.3 Å². The number of hydrazone groups is 1. The Labute approximate surface area is 120 Å². The van der Waals surface area contributed by atoms with Gasteiger partial charge < -0.3 is 5.32 Å². The molecule has 0 fully saturated rings. The van der Waals surface area contributed by atoms with Crippen LogP contribution in [0.5, 0.6) is 0 Å². The molecule has 5 nitrogen and oxygen atoms in total. The molecule has 2 N–H and O–H groups in total. The number of hydrogen-bond acceptors (Lipinski definition) is 4. The van der Waals surface area contributed by atoms with Gasteiger partial charge in [-0.05, 0) is 29.6 Å². The zero-order valence-corrected chi connectivity index (χ0v) is 11.6. The molecule has 1 aromatic heterocycles. The van der Waals surface area contributed by atoms with Crippen LogP contribution in [0.25, 0.3) is 0 Å². The van der Waals surface area contributed by atoms with Gasteiger partial charge in [-0.1, -0.05) is 12.1 Å². The SMILES string of the molecule is CC(=O)Nc1cccc(C(=O)NN=Cc2cccs2)c1. The maximum Gasteiger partial charge on any atom is 0.271 e. The van der Waals surface area contributed by atoms with E-state index in [9.17, 15) is 9.59 Å². The average Bonchev–Trinajstić information content (AvgIpc) is 2.91. The minimum atomic E-state index is -0.329. The summed E-state index contributed by atoms with van der Waals surface area (Å²) in [6.45, 7) is 1.41. The lowest BCUT2D eigenvalue weighted by Crippen LogP contribution is -2.18. The van der Waals surface area contributed by atoms with E-state index >= 15 is 0 Å². The zero-order valence-electron chi connectivity index (χ0n) is 10.8. The molecule has 1 heterocycles. The molecule has 0 aliphatic heterocycles. The number of hydrogen-bond donors (Lipinski definition) is 2. The molecule has 0 unspecified atom stereocenters. The number of rotatable bonds is 4. The standard InChI is InChI=1S/C14H13N3O2S/c1-10(18)16-12-5-2-4-11(8-12)14(19)17-15-9-13-6-3-7-20-13/h2-9H,1H3,(H,16,18)(H,17,19). The van der Waals surface area contributed by atoms with Crippen LogP contribution in [0.15, 0.2) is 46.9 Å². The topological polar surface area (TPSA) is 70.6 Å². The molecule has 0 spiro atoms. The Morgan fingerprint density at radius 1 is 1.25 bits per heavy atom. The van der Waals surface area contributed by atoms with Crippen LogP contribution in [0.4, 0.5) is 5.69 Å². The molecule has 1 aromatic carbocycles. The predicted octanol–water partition coefficient (Wildman–Crippen LogP) is 2.47. The van der Waals surface area contributed by atoms with Crippen LogP contribution in [0.2, 0.25) is 0 Å². The third-order valence-corrected chi connectivity index (χ3v) is 3.15. The van der Waals surface area contributed by atoms with Gasteiger partial charge >= 0.3 is 0 Å². The van der Waals surface area contributed by atoms with Crippen molar-refractivity contribution >= 4 is 35.1 Å². The van der Waals surface area contributed by atoms with Crippen molar-refractivity contribution in [1.82, 2.24) is 5.43 Å². The molecule has 0 radical (unpaired) electrons. The van der Waals surface area contributed by atoms with Gasteiger partial charge in [0.25, 0.3) is 5.91 Å². The van der Waals surface area contributed by atoms with Gasteiger partial charge in [-0.15, -0.1) is 11.3 Å². The first-order valence-electron chi connectivity index (χ1n) is 5.90. The Balaban J connectivity index is 2.00. The summed E-state index contributed by atoms with van der Waals surface area (Å²) >= 11 is 1.53. The molecule has 2 rings (SSSR count). The molecule has 6 heteroatoms. The third-order valence-electron chi connectivity index (χ3n) is 2.35. The highest BCUT2D eigenvalue weighted by Crippen LogP contribution is 2.10. The van der Waals surface area contributed by atoms with E-state index in [1.807, 2.05) is 17.5 Å². The van der Waals surface area contributed by atoms with Crippen molar-refractivity contribution in [3.05, 3.63) is 52.2 Å². The van der Waals surface area contributed by atoms with Gasteiger partial charge in [0.05, 0.1) is 6.21 Å². The fourth-order valence-corrected chi connectivity index (χ4v) is 2.11. The number of benzene rings is 1. The normalized spacial score (nSPS) is 10.4. The van der Waals surface area contributed by atoms with E-state index in [0.29, 0.717) is 11.3 Å². The van der Waals surface area contributed by atoms with Gasteiger partial charge in [-0.25, -0.2) is 5.43 Å². The molecule has 2 amide bonds. The van der Waals surface area contributed by atoms with Crippen LogP contribution in [-0.2, 0) is 4.79 Å². The van der Waals surface area contributed by atoms with E-state index in [4.69, 9.17) is 0 Å². The lowest BCUT2D eigenvalue weighted by molar-refractivity contribution is -0.114. The van der Waals surface area contributed by atoms with Crippen molar-refractivity contribution in [2.75, 3.05) is 5.32 Å². The maximum absolute atomic E-state index is 11.9. The number of carbonyl (C=O) groups excluding carboxylic acids is 2. The van der Waals surface area contributed by atoms with Crippen molar-refractivity contribution in [1.29, 1.82) is 0 Å². The van der Waals surface area contributed by atoms with E-state index in [1.165, 1.54) is 18.3 Å². The Kier molecular flexibility index (Phi) is 4.62. The quantitative estimate of drug-likeness (QED) is 0.670. The summed E-state index contributed by atoms with van der Waals surface area (Å²) in [5.41, 5.74) is 3.45. The van der Waals surface area contributed by atoms with Crippen molar-refractivity contribution in [3.8, 4) is 0 Å². The first-order valence-corrected chi connectivity index (χ1v) is 6.77. The van der Waals surface area contributed by atoms with E-state index in [0.717, 1.165) is 4.88 Å². The minimum Gasteiger partial charge on any atom is -0.326 e. The summed E-state index contributed by atoms with van der Waals surface area (Å²) in [6, 6.07) is 10.5. The van der Waals surface area contributed by atoms with Crippen molar-refractivity contribution < 1.29 is 9.59 Å². The molecule has 0 atom stereocenters. The Bertz CT molecular complexity index is 636. The van der Waals surface area contributed by atoms with Crippen LogP contribution < -0.4 is 10.7 Å². The summed E-state index contributed by atoms with van der Waals surface area (Å²) in [5.74, 6) is -0.511. The second kappa shape index (κ2) is 6.63. The lowest BCUT2D eigenvalue weighted by atomic mass is 10.2. The summed E-state index contributed by atoms with van der Waals surface area (Å²) in [6.07, 6.45) is 1.58. The van der Waals surface area contributed by atoms with Gasteiger partial charge in [-0.3, -0.25) is 9.59 Å². The number of nitrogens with zero attached hydrogens (tertiary/aromatic N) is 1. The molecule has 102 valence electrons. The molecule has 2 aromatic rings. The summed E-state index contributed by atoms with van der Waals surface area (Å²) < 4.78 is 0. The van der Waals surface area contributed by atoms with Gasteiger partial charge in [0, 0.05) is 23.1 Å². The van der Waals surface area contributed by atoms with Crippen molar-refractivity contribution in [3.63, 3.8) is 0 Å². The Morgan fingerprint density at radius 2 is 2.10 bits per heavy atom. The van der Waals surface area contributed by atoms with E-state index in [1.54, 1.807) is 30.5 Å². The number of thiophene rings is 1. The smallest absolute Gasteiger partial charge is 0.271 e. The third kappa shape index (κ3) is 4.03. The second-order valence-corrected chi connectivity index (χ2v) is 4.96. The molecule has 0 saturated carbocycles. The fraction of sp³-hybridized carbons (Fsp3) is 0.0714. The fourth-order valence-electron chi connectivity index (χ4n) is 1.53. The van der Waals surface area contributed by atoms with Crippen LogP contribution in [0, 0.1) is 0 Å². The number of carbonyl (C=O) groups is 2. The predicted molar refractivity (Wildman–Crippen MR) is 80.1 cm³/mol.